The van der Waals surface area contributed by atoms with Gasteiger partial charge in [-0.15, -0.1) is 0 Å². The molecule has 0 saturated carbocycles. The van der Waals surface area contributed by atoms with Crippen LogP contribution in [0.1, 0.15) is 43.7 Å². The topological polar surface area (TPSA) is 285 Å². The molecule has 0 aliphatic heterocycles. The van der Waals surface area contributed by atoms with Crippen molar-refractivity contribution in [2.45, 2.75) is 64.3 Å². The monoisotopic (exact) mass is 692 g/mol. The fourth-order valence-electron chi connectivity index (χ4n) is 4.75. The predicted octanol–water partition coefficient (Wildman–Crippen LogP) is 0.432. The van der Waals surface area contributed by atoms with Crippen molar-refractivity contribution in [3.63, 3.8) is 0 Å². The fraction of sp³-hybridized carbons (Fsp3) is 0.364. The summed E-state index contributed by atoms with van der Waals surface area (Å²) >= 11 is 0. The highest BCUT2D eigenvalue weighted by atomic mass is 16.5. The van der Waals surface area contributed by atoms with Gasteiger partial charge in [0.05, 0.1) is 0 Å². The summed E-state index contributed by atoms with van der Waals surface area (Å²) in [6, 6.07) is 11.9. The number of fused-ring (bicyclic) bond motifs is 1. The third-order valence-electron chi connectivity index (χ3n) is 7.32. The zero-order chi connectivity index (χ0) is 36.6. The van der Waals surface area contributed by atoms with Crippen molar-refractivity contribution in [3.05, 3.63) is 76.1 Å². The van der Waals surface area contributed by atoms with Gasteiger partial charge in [-0.25, -0.2) is 9.59 Å². The van der Waals surface area contributed by atoms with Crippen molar-refractivity contribution < 1.29 is 28.3 Å². The molecule has 12 N–H and O–H groups in total. The number of alkyl carbamates (subject to hydrolysis) is 1. The number of guanidine groups is 2. The Hall–Kier alpha value is -6.13. The summed E-state index contributed by atoms with van der Waals surface area (Å²) in [6.45, 7) is 3.55. The Labute approximate surface area is 288 Å². The van der Waals surface area contributed by atoms with Crippen LogP contribution < -0.4 is 49.8 Å². The van der Waals surface area contributed by atoms with E-state index in [2.05, 4.69) is 31.3 Å². The molecule has 3 rings (SSSR count). The normalized spacial score (nSPS) is 12.4. The molecule has 3 aromatic rings. The van der Waals surface area contributed by atoms with Crippen LogP contribution >= 0.6 is 0 Å². The number of benzene rings is 2. The molecule has 0 spiro atoms. The Morgan fingerprint density at radius 1 is 0.800 bits per heavy atom. The number of nitrogens with zero attached hydrogens (tertiary/aromatic N) is 2. The average Bonchev–Trinajstić information content (AvgIpc) is 3.06. The Morgan fingerprint density at radius 2 is 1.40 bits per heavy atom. The van der Waals surface area contributed by atoms with E-state index in [4.69, 9.17) is 32.1 Å². The van der Waals surface area contributed by atoms with Crippen molar-refractivity contribution >= 4 is 52.4 Å². The van der Waals surface area contributed by atoms with Gasteiger partial charge in [0.2, 0.25) is 17.7 Å². The Kier molecular flexibility index (Phi) is 14.6. The number of aliphatic imine (C=N–C) groups is 2. The number of rotatable bonds is 17. The fourth-order valence-corrected chi connectivity index (χ4v) is 4.75. The number of aryl methyl sites for hydroxylation is 1. The zero-order valence-corrected chi connectivity index (χ0v) is 27.9. The minimum atomic E-state index is -1.15. The molecule has 0 saturated heterocycles. The van der Waals surface area contributed by atoms with Crippen molar-refractivity contribution in [2.24, 2.45) is 32.9 Å². The lowest BCUT2D eigenvalue weighted by Gasteiger charge is -2.24. The molecule has 0 fully saturated rings. The summed E-state index contributed by atoms with van der Waals surface area (Å²) in [6.07, 6.45) is -0.0116. The van der Waals surface area contributed by atoms with Gasteiger partial charge < -0.3 is 53.4 Å². The molecular formula is C33H44N10O7. The SMILES string of the molecule is Cc1cc(=O)oc2cc(NC(=O)[C@H](CCCN=C(N)N)NC(=O)[C@H](CCCN=C(N)N)NC(=O)[C@H](C)NC(=O)OCc3ccccc3)ccc12. The highest BCUT2D eigenvalue weighted by Crippen LogP contribution is 2.21. The molecule has 0 bridgehead atoms. The summed E-state index contributed by atoms with van der Waals surface area (Å²) in [5.41, 5.74) is 23.2. The molecule has 3 atom stereocenters. The van der Waals surface area contributed by atoms with Crippen LogP contribution in [-0.4, -0.2) is 66.9 Å². The molecule has 0 aliphatic carbocycles. The number of hydrogen-bond donors (Lipinski definition) is 8. The van der Waals surface area contributed by atoms with E-state index < -0.39 is 47.6 Å². The first-order valence-electron chi connectivity index (χ1n) is 15.9. The summed E-state index contributed by atoms with van der Waals surface area (Å²) in [5, 5.41) is 11.2. The van der Waals surface area contributed by atoms with E-state index in [0.717, 1.165) is 5.56 Å². The molecule has 268 valence electrons. The summed E-state index contributed by atoms with van der Waals surface area (Å²) < 4.78 is 10.5. The summed E-state index contributed by atoms with van der Waals surface area (Å²) in [4.78, 5) is 72.4. The largest absolute Gasteiger partial charge is 0.445 e. The lowest BCUT2D eigenvalue weighted by atomic mass is 10.1. The van der Waals surface area contributed by atoms with Crippen LogP contribution in [0.2, 0.25) is 0 Å². The lowest BCUT2D eigenvalue weighted by molar-refractivity contribution is -0.131. The van der Waals surface area contributed by atoms with E-state index in [0.29, 0.717) is 29.5 Å². The van der Waals surface area contributed by atoms with E-state index in [1.165, 1.54) is 19.1 Å². The van der Waals surface area contributed by atoms with Gasteiger partial charge in [-0.1, -0.05) is 30.3 Å². The van der Waals surface area contributed by atoms with Crippen molar-refractivity contribution in [1.82, 2.24) is 16.0 Å². The van der Waals surface area contributed by atoms with Crippen molar-refractivity contribution in [2.75, 3.05) is 18.4 Å². The maximum atomic E-state index is 13.6. The molecule has 0 unspecified atom stereocenters. The first-order valence-corrected chi connectivity index (χ1v) is 15.9. The Bertz CT molecular complexity index is 1750. The first kappa shape index (κ1) is 38.3. The Balaban J connectivity index is 1.73. The van der Waals surface area contributed by atoms with E-state index in [1.807, 2.05) is 6.07 Å². The van der Waals surface area contributed by atoms with Crippen molar-refractivity contribution in [1.29, 1.82) is 0 Å². The quantitative estimate of drug-likeness (QED) is 0.0415. The van der Waals surface area contributed by atoms with Gasteiger partial charge in [-0.3, -0.25) is 24.4 Å². The van der Waals surface area contributed by atoms with Gasteiger partial charge in [0.25, 0.3) is 0 Å². The molecule has 1 aromatic heterocycles. The second-order valence-electron chi connectivity index (χ2n) is 11.4. The number of anilines is 1. The number of hydrogen-bond acceptors (Lipinski definition) is 9. The molecule has 50 heavy (non-hydrogen) atoms. The van der Waals surface area contributed by atoms with Gasteiger partial charge in [0, 0.05) is 36.3 Å². The summed E-state index contributed by atoms with van der Waals surface area (Å²) in [7, 11) is 0. The number of nitrogens with two attached hydrogens (primary N) is 4. The smallest absolute Gasteiger partial charge is 0.408 e. The molecule has 1 heterocycles. The maximum Gasteiger partial charge on any atom is 0.408 e. The van der Waals surface area contributed by atoms with Crippen LogP contribution in [0.25, 0.3) is 11.0 Å². The zero-order valence-electron chi connectivity index (χ0n) is 27.9. The number of carbonyl (C=O) groups is 4. The highest BCUT2D eigenvalue weighted by molar-refractivity contribution is 6.00. The van der Waals surface area contributed by atoms with Crippen LogP contribution in [-0.2, 0) is 25.7 Å². The number of amides is 4. The van der Waals surface area contributed by atoms with E-state index >= 15 is 0 Å². The molecule has 17 nitrogen and oxygen atoms in total. The van der Waals surface area contributed by atoms with Gasteiger partial charge >= 0.3 is 11.7 Å². The van der Waals surface area contributed by atoms with E-state index in [-0.39, 0.29) is 50.0 Å². The minimum absolute atomic E-state index is 0.00321. The number of nitrogens with one attached hydrogen (secondary N) is 4. The van der Waals surface area contributed by atoms with E-state index in [9.17, 15) is 24.0 Å². The third kappa shape index (κ3) is 12.8. The molecule has 2 aromatic carbocycles. The molecule has 0 radical (unpaired) electrons. The predicted molar refractivity (Wildman–Crippen MR) is 189 cm³/mol. The molecule has 17 heteroatoms. The number of ether oxygens (including phenoxy) is 1. The summed E-state index contributed by atoms with van der Waals surface area (Å²) in [5.74, 6) is -2.20. The van der Waals surface area contributed by atoms with E-state index in [1.54, 1.807) is 43.3 Å². The van der Waals surface area contributed by atoms with Crippen LogP contribution in [0.4, 0.5) is 10.5 Å². The molecular weight excluding hydrogens is 648 g/mol. The van der Waals surface area contributed by atoms with Crippen LogP contribution in [0.15, 0.2) is 73.8 Å². The van der Waals surface area contributed by atoms with Gasteiger partial charge in [0.15, 0.2) is 11.9 Å². The minimum Gasteiger partial charge on any atom is -0.445 e. The highest BCUT2D eigenvalue weighted by Gasteiger charge is 2.28. The first-order chi connectivity index (χ1) is 23.8. The lowest BCUT2D eigenvalue weighted by Crippen LogP contribution is -2.55. The van der Waals surface area contributed by atoms with Crippen LogP contribution in [0, 0.1) is 6.92 Å². The van der Waals surface area contributed by atoms with Gasteiger partial charge in [0.1, 0.15) is 30.3 Å². The van der Waals surface area contributed by atoms with Crippen molar-refractivity contribution in [3.8, 4) is 0 Å². The van der Waals surface area contributed by atoms with Gasteiger partial charge in [-0.05, 0) is 62.8 Å². The maximum absolute atomic E-state index is 13.6. The second-order valence-corrected chi connectivity index (χ2v) is 11.4. The third-order valence-corrected chi connectivity index (χ3v) is 7.32. The van der Waals surface area contributed by atoms with Crippen LogP contribution in [0.5, 0.6) is 0 Å². The molecule has 4 amide bonds. The standard InChI is InChI=1S/C33H44N10O7/c1-19-16-27(44)50-26-17-22(12-13-23(19)26)41-29(46)24(10-6-14-38-31(34)35)43-30(47)25(11-7-15-39-32(36)37)42-28(45)20(2)40-33(48)49-18-21-8-4-3-5-9-21/h3-5,8-9,12-13,16-17,20,24-25H,6-7,10-11,14-15,18H2,1-2H3,(H,40,48)(H,41,46)(H,42,45)(H,43,47)(H4,34,35,38)(H4,36,37,39)/t20-,24-,25-/m0/s1. The Morgan fingerprint density at radius 3 is 2.02 bits per heavy atom. The van der Waals surface area contributed by atoms with Crippen LogP contribution in [0.3, 0.4) is 0 Å². The average molecular weight is 693 g/mol. The van der Waals surface area contributed by atoms with Gasteiger partial charge in [-0.2, -0.15) is 0 Å². The molecule has 0 aliphatic rings. The second kappa shape index (κ2) is 19.0. The number of carbonyl (C=O) groups excluding carboxylic acids is 4.